The number of carbonyl (C=O) groups is 2. The first kappa shape index (κ1) is 18.7. The average Bonchev–Trinajstić information content (AvgIpc) is 2.95. The number of nitrogens with zero attached hydrogens (tertiary/aromatic N) is 2. The number of hydrogen-bond donors (Lipinski definition) is 1. The maximum Gasteiger partial charge on any atom is 0.314 e. The van der Waals surface area contributed by atoms with Crippen LogP contribution < -0.4 is 5.73 Å². The van der Waals surface area contributed by atoms with Crippen LogP contribution in [0.3, 0.4) is 0 Å². The van der Waals surface area contributed by atoms with Gasteiger partial charge < -0.3 is 15.5 Å². The van der Waals surface area contributed by atoms with Crippen LogP contribution in [0.25, 0.3) is 16.5 Å². The molecule has 1 aromatic carbocycles. The van der Waals surface area contributed by atoms with Crippen molar-refractivity contribution < 1.29 is 9.59 Å². The van der Waals surface area contributed by atoms with E-state index >= 15 is 0 Å². The van der Waals surface area contributed by atoms with Crippen molar-refractivity contribution in [3.05, 3.63) is 51.8 Å². The second-order valence-electron chi connectivity index (χ2n) is 6.05. The summed E-state index contributed by atoms with van der Waals surface area (Å²) in [5.41, 5.74) is 6.48. The Balaban J connectivity index is 1.62. The highest BCUT2D eigenvalue weighted by molar-refractivity contribution is 9.10. The number of hydrogen-bond acceptors (Lipinski definition) is 3. The van der Waals surface area contributed by atoms with Crippen molar-refractivity contribution in [2.75, 3.05) is 26.2 Å². The highest BCUT2D eigenvalue weighted by atomic mass is 79.9. The summed E-state index contributed by atoms with van der Waals surface area (Å²) in [6.07, 6.45) is 4.21. The smallest absolute Gasteiger partial charge is 0.314 e. The maximum atomic E-state index is 12.4. The molecule has 0 aliphatic carbocycles. The predicted octanol–water partition coefficient (Wildman–Crippen LogP) is 3.80. The zero-order valence-corrected chi connectivity index (χ0v) is 16.6. The van der Waals surface area contributed by atoms with E-state index in [1.807, 2.05) is 24.3 Å². The Morgan fingerprint density at radius 2 is 1.69 bits per heavy atom. The summed E-state index contributed by atoms with van der Waals surface area (Å²) in [4.78, 5) is 29.2. The van der Waals surface area contributed by atoms with Gasteiger partial charge in [0.15, 0.2) is 0 Å². The topological polar surface area (TPSA) is 66.6 Å². The van der Waals surface area contributed by atoms with Crippen LogP contribution in [0.15, 0.2) is 46.9 Å². The largest absolute Gasteiger partial charge is 0.351 e. The molecule has 136 valence electrons. The lowest BCUT2D eigenvalue weighted by Crippen LogP contribution is -2.39. The van der Waals surface area contributed by atoms with Crippen molar-refractivity contribution in [2.45, 2.75) is 6.42 Å². The molecule has 0 atom stereocenters. The first-order valence-electron chi connectivity index (χ1n) is 8.40. The summed E-state index contributed by atoms with van der Waals surface area (Å²) >= 11 is 5.09. The summed E-state index contributed by atoms with van der Waals surface area (Å²) in [6, 6.07) is 11.8. The van der Waals surface area contributed by atoms with E-state index in [0.29, 0.717) is 26.2 Å². The quantitative estimate of drug-likeness (QED) is 0.747. The van der Waals surface area contributed by atoms with Crippen LogP contribution >= 0.6 is 27.3 Å². The lowest BCUT2D eigenvalue weighted by Gasteiger charge is -2.19. The molecule has 2 heterocycles. The van der Waals surface area contributed by atoms with Gasteiger partial charge in [0, 0.05) is 46.5 Å². The maximum absolute atomic E-state index is 12.4. The van der Waals surface area contributed by atoms with Gasteiger partial charge in [-0.15, -0.1) is 11.3 Å². The van der Waals surface area contributed by atoms with Crippen LogP contribution in [0.4, 0.5) is 4.79 Å². The fraction of sp³-hybridized carbons (Fsp3) is 0.263. The van der Waals surface area contributed by atoms with E-state index in [0.717, 1.165) is 26.2 Å². The van der Waals surface area contributed by atoms with Gasteiger partial charge in [-0.1, -0.05) is 28.1 Å². The van der Waals surface area contributed by atoms with Crippen molar-refractivity contribution in [3.63, 3.8) is 0 Å². The Morgan fingerprint density at radius 1 is 1.00 bits per heavy atom. The van der Waals surface area contributed by atoms with Crippen LogP contribution in [0.1, 0.15) is 11.3 Å². The SMILES string of the molecule is NC(=O)N1CCCN(C(=O)C=Cc2ccc(-c3ccc(Br)cc3)s2)CC1. The van der Waals surface area contributed by atoms with Crippen molar-refractivity contribution >= 4 is 45.3 Å². The van der Waals surface area contributed by atoms with Crippen LogP contribution in [0.5, 0.6) is 0 Å². The van der Waals surface area contributed by atoms with E-state index in [9.17, 15) is 9.59 Å². The number of thiophene rings is 1. The zero-order chi connectivity index (χ0) is 18.5. The molecule has 0 radical (unpaired) electrons. The van der Waals surface area contributed by atoms with E-state index in [-0.39, 0.29) is 5.91 Å². The van der Waals surface area contributed by atoms with E-state index < -0.39 is 6.03 Å². The Morgan fingerprint density at radius 3 is 2.42 bits per heavy atom. The van der Waals surface area contributed by atoms with Gasteiger partial charge >= 0.3 is 6.03 Å². The molecule has 0 saturated carbocycles. The number of rotatable bonds is 3. The Bertz CT molecular complexity index is 816. The summed E-state index contributed by atoms with van der Waals surface area (Å²) in [5.74, 6) is -0.0325. The van der Waals surface area contributed by atoms with E-state index in [2.05, 4.69) is 34.1 Å². The fourth-order valence-electron chi connectivity index (χ4n) is 2.83. The molecule has 1 aliphatic rings. The third kappa shape index (κ3) is 4.74. The molecule has 1 saturated heterocycles. The third-order valence-corrected chi connectivity index (χ3v) is 5.89. The second-order valence-corrected chi connectivity index (χ2v) is 8.08. The molecule has 1 fully saturated rings. The molecule has 2 N–H and O–H groups in total. The molecule has 26 heavy (non-hydrogen) atoms. The lowest BCUT2D eigenvalue weighted by atomic mass is 10.2. The van der Waals surface area contributed by atoms with Crippen molar-refractivity contribution in [1.82, 2.24) is 9.80 Å². The Kier molecular flexibility index (Phi) is 6.11. The van der Waals surface area contributed by atoms with Gasteiger partial charge in [0.2, 0.25) is 5.91 Å². The summed E-state index contributed by atoms with van der Waals surface area (Å²) in [7, 11) is 0. The van der Waals surface area contributed by atoms with Gasteiger partial charge in [0.05, 0.1) is 0 Å². The van der Waals surface area contributed by atoms with Crippen molar-refractivity contribution in [1.29, 1.82) is 0 Å². The van der Waals surface area contributed by atoms with E-state index in [4.69, 9.17) is 5.73 Å². The number of urea groups is 1. The highest BCUT2D eigenvalue weighted by Crippen LogP contribution is 2.29. The molecule has 3 amide bonds. The lowest BCUT2D eigenvalue weighted by molar-refractivity contribution is -0.125. The van der Waals surface area contributed by atoms with E-state index in [1.165, 1.54) is 0 Å². The van der Waals surface area contributed by atoms with Crippen LogP contribution in [0.2, 0.25) is 0 Å². The van der Waals surface area contributed by atoms with Gasteiger partial charge in [0.25, 0.3) is 0 Å². The van der Waals surface area contributed by atoms with Crippen LogP contribution in [-0.4, -0.2) is 47.9 Å². The van der Waals surface area contributed by atoms with Gasteiger partial charge in [-0.2, -0.15) is 0 Å². The minimum Gasteiger partial charge on any atom is -0.351 e. The molecule has 2 aromatic rings. The Labute approximate surface area is 165 Å². The van der Waals surface area contributed by atoms with E-state index in [1.54, 1.807) is 27.2 Å². The molecule has 1 aromatic heterocycles. The first-order chi connectivity index (χ1) is 12.5. The van der Waals surface area contributed by atoms with Gasteiger partial charge in [-0.05, 0) is 42.3 Å². The van der Waals surface area contributed by atoms with Crippen molar-refractivity contribution in [2.24, 2.45) is 5.73 Å². The van der Waals surface area contributed by atoms with Gasteiger partial charge in [0.1, 0.15) is 0 Å². The van der Waals surface area contributed by atoms with Crippen molar-refractivity contribution in [3.8, 4) is 10.4 Å². The summed E-state index contributed by atoms with van der Waals surface area (Å²) in [5, 5.41) is 0. The molecule has 0 bridgehead atoms. The van der Waals surface area contributed by atoms with Crippen LogP contribution in [0, 0.1) is 0 Å². The number of carbonyl (C=O) groups excluding carboxylic acids is 2. The number of halogens is 1. The Hall–Kier alpha value is -2.12. The van der Waals surface area contributed by atoms with Gasteiger partial charge in [-0.3, -0.25) is 4.79 Å². The second kappa shape index (κ2) is 8.51. The monoisotopic (exact) mass is 433 g/mol. The highest BCUT2D eigenvalue weighted by Gasteiger charge is 2.19. The minimum absolute atomic E-state index is 0.0325. The number of benzene rings is 1. The summed E-state index contributed by atoms with van der Waals surface area (Å²) < 4.78 is 1.05. The number of amides is 3. The zero-order valence-electron chi connectivity index (χ0n) is 14.2. The van der Waals surface area contributed by atoms with Crippen LogP contribution in [-0.2, 0) is 4.79 Å². The number of primary amides is 1. The third-order valence-electron chi connectivity index (χ3n) is 4.26. The standard InChI is InChI=1S/C19H20BrN3O2S/c20-15-4-2-14(3-5-15)17-8-6-16(26-17)7-9-18(24)22-10-1-11-23(13-12-22)19(21)25/h2-9H,1,10-13H2,(H2,21,25). The summed E-state index contributed by atoms with van der Waals surface area (Å²) in [6.45, 7) is 2.24. The molecule has 7 heteroatoms. The fourth-order valence-corrected chi connectivity index (χ4v) is 4.01. The molecule has 0 spiro atoms. The molecular formula is C19H20BrN3O2S. The minimum atomic E-state index is -0.422. The predicted molar refractivity (Wildman–Crippen MR) is 109 cm³/mol. The molecule has 1 aliphatic heterocycles. The van der Waals surface area contributed by atoms with Gasteiger partial charge in [-0.25, -0.2) is 4.79 Å². The average molecular weight is 434 g/mol. The molecule has 0 unspecified atom stereocenters. The molecule has 5 nitrogen and oxygen atoms in total. The number of nitrogens with two attached hydrogens (primary N) is 1. The molecule has 3 rings (SSSR count). The molecular weight excluding hydrogens is 414 g/mol. The first-order valence-corrected chi connectivity index (χ1v) is 10.0. The normalized spacial score (nSPS) is 15.3.